The molecule has 0 saturated heterocycles. The van der Waals surface area contributed by atoms with Crippen LogP contribution >= 0.6 is 0 Å². The van der Waals surface area contributed by atoms with E-state index in [1.807, 2.05) is 13.0 Å². The molecule has 0 bridgehead atoms. The fourth-order valence-corrected chi connectivity index (χ4v) is 3.14. The van der Waals surface area contributed by atoms with E-state index in [2.05, 4.69) is 5.32 Å². The van der Waals surface area contributed by atoms with Gasteiger partial charge in [0, 0.05) is 12.0 Å². The Balaban J connectivity index is 1.87. The highest BCUT2D eigenvalue weighted by Crippen LogP contribution is 2.35. The van der Waals surface area contributed by atoms with Gasteiger partial charge >= 0.3 is 0 Å². The van der Waals surface area contributed by atoms with Gasteiger partial charge in [-0.3, -0.25) is 19.3 Å². The molecule has 0 saturated carbocycles. The predicted molar refractivity (Wildman–Crippen MR) is 108 cm³/mol. The fraction of sp³-hybridized carbons (Fsp3) is 0.273. The molecule has 0 aromatic heterocycles. The van der Waals surface area contributed by atoms with Gasteiger partial charge in [0.05, 0.1) is 16.9 Å². The molecule has 2 aromatic rings. The Morgan fingerprint density at radius 2 is 2.00 bits per heavy atom. The predicted octanol–water partition coefficient (Wildman–Crippen LogP) is 3.29. The number of nitriles is 1. The van der Waals surface area contributed by atoms with Gasteiger partial charge in [-0.15, -0.1) is 0 Å². The number of rotatable bonds is 6. The first-order chi connectivity index (χ1) is 13.9. The number of ketones is 1. The molecule has 148 valence electrons. The standard InChI is InChI=1S/C22H21N3O4/c1-3-6-19(26)15-9-10-20-18(11-15)25(22(28)14(2)29-20)13-21(27)24-17-8-5-4-7-16(17)12-23/h4-5,7-11,14H,3,6,13H2,1-2H3,(H,24,27). The second-order valence-electron chi connectivity index (χ2n) is 6.75. The van der Waals surface area contributed by atoms with Crippen molar-refractivity contribution in [2.75, 3.05) is 16.8 Å². The average Bonchev–Trinajstić information content (AvgIpc) is 2.71. The summed E-state index contributed by atoms with van der Waals surface area (Å²) in [5.41, 5.74) is 1.56. The first kappa shape index (κ1) is 20.1. The lowest BCUT2D eigenvalue weighted by Gasteiger charge is -2.32. The first-order valence-corrected chi connectivity index (χ1v) is 9.38. The number of carbonyl (C=O) groups is 3. The number of para-hydroxylation sites is 1. The molecule has 0 spiro atoms. The third kappa shape index (κ3) is 4.27. The van der Waals surface area contributed by atoms with Crippen LogP contribution in [0.1, 0.15) is 42.6 Å². The first-order valence-electron chi connectivity index (χ1n) is 9.38. The van der Waals surface area contributed by atoms with Crippen molar-refractivity contribution in [2.45, 2.75) is 32.8 Å². The van der Waals surface area contributed by atoms with Crippen LogP contribution in [0.5, 0.6) is 5.75 Å². The van der Waals surface area contributed by atoms with Crippen molar-refractivity contribution in [3.05, 3.63) is 53.6 Å². The summed E-state index contributed by atoms with van der Waals surface area (Å²) in [6.45, 7) is 3.27. The van der Waals surface area contributed by atoms with Gasteiger partial charge in [0.25, 0.3) is 5.91 Å². The number of hydrogen-bond acceptors (Lipinski definition) is 5. The lowest BCUT2D eigenvalue weighted by molar-refractivity contribution is -0.127. The molecule has 2 aromatic carbocycles. The highest BCUT2D eigenvalue weighted by molar-refractivity contribution is 6.07. The largest absolute Gasteiger partial charge is 0.479 e. The van der Waals surface area contributed by atoms with Crippen LogP contribution in [0.2, 0.25) is 0 Å². The second kappa shape index (κ2) is 8.57. The monoisotopic (exact) mass is 391 g/mol. The number of hydrogen-bond donors (Lipinski definition) is 1. The maximum atomic E-state index is 12.7. The number of fused-ring (bicyclic) bond motifs is 1. The van der Waals surface area contributed by atoms with E-state index in [0.717, 1.165) is 0 Å². The molecular formula is C22H21N3O4. The molecule has 0 fully saturated rings. The number of anilines is 2. The Hall–Kier alpha value is -3.66. The summed E-state index contributed by atoms with van der Waals surface area (Å²) in [4.78, 5) is 38.9. The van der Waals surface area contributed by atoms with Crippen molar-refractivity contribution < 1.29 is 19.1 Å². The van der Waals surface area contributed by atoms with Gasteiger partial charge in [0.2, 0.25) is 5.91 Å². The maximum Gasteiger partial charge on any atom is 0.268 e. The summed E-state index contributed by atoms with van der Waals surface area (Å²) < 4.78 is 5.63. The van der Waals surface area contributed by atoms with Crippen LogP contribution in [-0.4, -0.2) is 30.2 Å². The van der Waals surface area contributed by atoms with Gasteiger partial charge in [-0.25, -0.2) is 0 Å². The zero-order chi connectivity index (χ0) is 21.0. The summed E-state index contributed by atoms with van der Waals surface area (Å²) in [6.07, 6.45) is 0.362. The third-order valence-electron chi connectivity index (χ3n) is 4.59. The molecule has 1 heterocycles. The molecule has 29 heavy (non-hydrogen) atoms. The number of nitrogens with one attached hydrogen (secondary N) is 1. The quantitative estimate of drug-likeness (QED) is 0.762. The summed E-state index contributed by atoms with van der Waals surface area (Å²) in [7, 11) is 0. The summed E-state index contributed by atoms with van der Waals surface area (Å²) >= 11 is 0. The molecule has 1 atom stereocenters. The Labute approximate surface area is 168 Å². The number of nitrogens with zero attached hydrogens (tertiary/aromatic N) is 2. The molecule has 0 aliphatic carbocycles. The van der Waals surface area contributed by atoms with Gasteiger partial charge in [0.15, 0.2) is 11.9 Å². The molecular weight excluding hydrogens is 370 g/mol. The normalized spacial score (nSPS) is 15.1. The zero-order valence-electron chi connectivity index (χ0n) is 16.3. The van der Waals surface area contributed by atoms with E-state index in [9.17, 15) is 19.6 Å². The lowest BCUT2D eigenvalue weighted by atomic mass is 10.0. The molecule has 1 aliphatic heterocycles. The van der Waals surface area contributed by atoms with Crippen molar-refractivity contribution in [3.63, 3.8) is 0 Å². The van der Waals surface area contributed by atoms with Crippen molar-refractivity contribution in [2.24, 2.45) is 0 Å². The van der Waals surface area contributed by atoms with Gasteiger partial charge in [-0.2, -0.15) is 5.26 Å². The van der Waals surface area contributed by atoms with Crippen LogP contribution in [0, 0.1) is 11.3 Å². The van der Waals surface area contributed by atoms with Gasteiger partial charge in [0.1, 0.15) is 18.4 Å². The average molecular weight is 391 g/mol. The molecule has 1 N–H and O–H groups in total. The molecule has 0 radical (unpaired) electrons. The fourth-order valence-electron chi connectivity index (χ4n) is 3.14. The van der Waals surface area contributed by atoms with E-state index < -0.39 is 12.0 Å². The number of benzene rings is 2. The van der Waals surface area contributed by atoms with Crippen LogP contribution < -0.4 is 15.0 Å². The van der Waals surface area contributed by atoms with Crippen molar-refractivity contribution >= 4 is 29.0 Å². The van der Waals surface area contributed by atoms with E-state index in [1.54, 1.807) is 49.4 Å². The topological polar surface area (TPSA) is 99.5 Å². The highest BCUT2D eigenvalue weighted by atomic mass is 16.5. The Morgan fingerprint density at radius 1 is 1.24 bits per heavy atom. The second-order valence-corrected chi connectivity index (χ2v) is 6.75. The van der Waals surface area contributed by atoms with E-state index >= 15 is 0 Å². The Bertz CT molecular complexity index is 1010. The Kier molecular flexibility index (Phi) is 5.93. The minimum atomic E-state index is -0.751. The molecule has 7 nitrogen and oxygen atoms in total. The van der Waals surface area contributed by atoms with Gasteiger partial charge in [-0.1, -0.05) is 19.1 Å². The van der Waals surface area contributed by atoms with Gasteiger partial charge in [-0.05, 0) is 43.7 Å². The van der Waals surface area contributed by atoms with Crippen molar-refractivity contribution in [1.29, 1.82) is 5.26 Å². The van der Waals surface area contributed by atoms with Crippen LogP contribution in [0.3, 0.4) is 0 Å². The number of ether oxygens (including phenoxy) is 1. The summed E-state index contributed by atoms with van der Waals surface area (Å²) in [6, 6.07) is 13.5. The number of carbonyl (C=O) groups excluding carboxylic acids is 3. The van der Waals surface area contributed by atoms with Crippen LogP contribution in [0.15, 0.2) is 42.5 Å². The summed E-state index contributed by atoms with van der Waals surface area (Å²) in [5, 5.41) is 11.8. The minimum absolute atomic E-state index is 0.0336. The third-order valence-corrected chi connectivity index (χ3v) is 4.59. The highest BCUT2D eigenvalue weighted by Gasteiger charge is 2.33. The van der Waals surface area contributed by atoms with Crippen molar-refractivity contribution in [3.8, 4) is 11.8 Å². The molecule has 7 heteroatoms. The van der Waals surface area contributed by atoms with E-state index in [-0.39, 0.29) is 18.2 Å². The molecule has 1 aliphatic rings. The van der Waals surface area contributed by atoms with Crippen LogP contribution in [0.25, 0.3) is 0 Å². The van der Waals surface area contributed by atoms with E-state index in [1.165, 1.54) is 4.90 Å². The van der Waals surface area contributed by atoms with E-state index in [4.69, 9.17) is 4.74 Å². The maximum absolute atomic E-state index is 12.7. The smallest absolute Gasteiger partial charge is 0.268 e. The molecule has 3 rings (SSSR count). The Morgan fingerprint density at radius 3 is 2.72 bits per heavy atom. The number of amides is 2. The van der Waals surface area contributed by atoms with Crippen LogP contribution in [-0.2, 0) is 9.59 Å². The minimum Gasteiger partial charge on any atom is -0.479 e. The van der Waals surface area contributed by atoms with Gasteiger partial charge < -0.3 is 10.1 Å². The zero-order valence-corrected chi connectivity index (χ0v) is 16.3. The van der Waals surface area contributed by atoms with Crippen LogP contribution in [0.4, 0.5) is 11.4 Å². The SMILES string of the molecule is CCCC(=O)c1ccc2c(c1)N(CC(=O)Nc1ccccc1C#N)C(=O)C(C)O2. The van der Waals surface area contributed by atoms with E-state index in [0.29, 0.717) is 41.1 Å². The lowest BCUT2D eigenvalue weighted by Crippen LogP contribution is -2.47. The molecule has 2 amide bonds. The summed E-state index contributed by atoms with van der Waals surface area (Å²) in [5.74, 6) is -0.420. The number of Topliss-reactive ketones (excluding diaryl/α,β-unsaturated/α-hetero) is 1. The molecule has 1 unspecified atom stereocenters. The van der Waals surface area contributed by atoms with Crippen molar-refractivity contribution in [1.82, 2.24) is 0 Å².